The van der Waals surface area contributed by atoms with Gasteiger partial charge in [0.1, 0.15) is 0 Å². The topological polar surface area (TPSA) is 76.7 Å². The van der Waals surface area contributed by atoms with E-state index in [1.54, 1.807) is 4.57 Å². The minimum absolute atomic E-state index is 0.00504. The van der Waals surface area contributed by atoms with E-state index >= 15 is 0 Å². The monoisotopic (exact) mass is 342 g/mol. The summed E-state index contributed by atoms with van der Waals surface area (Å²) < 4.78 is 2.54. The second kappa shape index (κ2) is 5.94. The minimum Gasteiger partial charge on any atom is -0.324 e. The first-order chi connectivity index (χ1) is 9.02. The summed E-state index contributed by atoms with van der Waals surface area (Å²) in [5, 5.41) is 7.14. The quantitative estimate of drug-likeness (QED) is 0.894. The zero-order valence-electron chi connectivity index (χ0n) is 10.7. The SMILES string of the molecule is CCn1c(Sc2ccc(C(C)N)cc2Br)n[nH]c1=O. The largest absolute Gasteiger partial charge is 0.343 e. The predicted octanol–water partition coefficient (Wildman–Crippen LogP) is 2.52. The number of rotatable bonds is 4. The Balaban J connectivity index is 2.31. The Hall–Kier alpha value is -1.05. The van der Waals surface area contributed by atoms with E-state index in [9.17, 15) is 4.79 Å². The van der Waals surface area contributed by atoms with Gasteiger partial charge in [-0.05, 0) is 59.2 Å². The lowest BCUT2D eigenvalue weighted by Crippen LogP contribution is -2.16. The number of aromatic amines is 1. The Bertz CT molecular complexity index is 635. The van der Waals surface area contributed by atoms with Crippen molar-refractivity contribution in [1.29, 1.82) is 0 Å². The number of hydrogen-bond donors (Lipinski definition) is 2. The molecule has 7 heteroatoms. The molecule has 102 valence electrons. The lowest BCUT2D eigenvalue weighted by atomic mass is 10.1. The smallest absolute Gasteiger partial charge is 0.324 e. The fourth-order valence-electron chi connectivity index (χ4n) is 1.64. The fraction of sp³-hybridized carbons (Fsp3) is 0.333. The van der Waals surface area contributed by atoms with E-state index in [2.05, 4.69) is 26.1 Å². The molecule has 0 aliphatic carbocycles. The van der Waals surface area contributed by atoms with Gasteiger partial charge in [0.15, 0.2) is 5.16 Å². The van der Waals surface area contributed by atoms with Crippen molar-refractivity contribution in [3.63, 3.8) is 0 Å². The number of nitrogens with two attached hydrogens (primary N) is 1. The second-order valence-electron chi connectivity index (χ2n) is 4.14. The van der Waals surface area contributed by atoms with Crippen LogP contribution in [0.3, 0.4) is 0 Å². The first-order valence-electron chi connectivity index (χ1n) is 5.91. The summed E-state index contributed by atoms with van der Waals surface area (Å²) in [4.78, 5) is 12.5. The molecule has 1 heterocycles. The lowest BCUT2D eigenvalue weighted by molar-refractivity contribution is 0.660. The third-order valence-corrected chi connectivity index (χ3v) is 4.71. The molecule has 1 aromatic heterocycles. The van der Waals surface area contributed by atoms with Gasteiger partial charge in [0.05, 0.1) is 0 Å². The number of nitrogens with one attached hydrogen (secondary N) is 1. The van der Waals surface area contributed by atoms with E-state index in [0.717, 1.165) is 14.9 Å². The Kier molecular flexibility index (Phi) is 4.49. The van der Waals surface area contributed by atoms with E-state index in [-0.39, 0.29) is 11.7 Å². The number of H-pyrrole nitrogens is 1. The molecule has 0 spiro atoms. The van der Waals surface area contributed by atoms with Crippen LogP contribution in [0.15, 0.2) is 37.5 Å². The summed E-state index contributed by atoms with van der Waals surface area (Å²) in [6.07, 6.45) is 0. The molecule has 0 aliphatic heterocycles. The number of benzene rings is 1. The van der Waals surface area contributed by atoms with Gasteiger partial charge in [0.25, 0.3) is 0 Å². The van der Waals surface area contributed by atoms with Crippen LogP contribution >= 0.6 is 27.7 Å². The van der Waals surface area contributed by atoms with Crippen molar-refractivity contribution < 1.29 is 0 Å². The molecule has 1 aromatic carbocycles. The van der Waals surface area contributed by atoms with Crippen molar-refractivity contribution in [1.82, 2.24) is 14.8 Å². The maximum absolute atomic E-state index is 11.5. The maximum Gasteiger partial charge on any atom is 0.343 e. The van der Waals surface area contributed by atoms with Crippen LogP contribution in [0.25, 0.3) is 0 Å². The molecule has 0 bridgehead atoms. The zero-order chi connectivity index (χ0) is 14.0. The van der Waals surface area contributed by atoms with Gasteiger partial charge in [0.2, 0.25) is 0 Å². The van der Waals surface area contributed by atoms with Gasteiger partial charge in [-0.3, -0.25) is 4.57 Å². The van der Waals surface area contributed by atoms with Crippen molar-refractivity contribution in [2.75, 3.05) is 0 Å². The van der Waals surface area contributed by atoms with Gasteiger partial charge < -0.3 is 5.73 Å². The molecule has 2 aromatic rings. The van der Waals surface area contributed by atoms with E-state index in [1.165, 1.54) is 11.8 Å². The summed E-state index contributed by atoms with van der Waals surface area (Å²) in [7, 11) is 0. The lowest BCUT2D eigenvalue weighted by Gasteiger charge is -2.09. The average Bonchev–Trinajstić information content (AvgIpc) is 2.72. The second-order valence-corrected chi connectivity index (χ2v) is 6.00. The van der Waals surface area contributed by atoms with Crippen molar-refractivity contribution in [3.8, 4) is 0 Å². The van der Waals surface area contributed by atoms with Crippen LogP contribution in [0, 0.1) is 0 Å². The van der Waals surface area contributed by atoms with E-state index in [0.29, 0.717) is 11.7 Å². The Morgan fingerprint density at radius 3 is 2.89 bits per heavy atom. The number of hydrogen-bond acceptors (Lipinski definition) is 4. The molecule has 19 heavy (non-hydrogen) atoms. The summed E-state index contributed by atoms with van der Waals surface area (Å²) in [5.41, 5.74) is 6.72. The van der Waals surface area contributed by atoms with Gasteiger partial charge in [0, 0.05) is 22.0 Å². The van der Waals surface area contributed by atoms with Crippen molar-refractivity contribution in [3.05, 3.63) is 38.7 Å². The zero-order valence-corrected chi connectivity index (χ0v) is 13.1. The molecule has 2 rings (SSSR count). The van der Waals surface area contributed by atoms with Crippen LogP contribution in [0.1, 0.15) is 25.5 Å². The Morgan fingerprint density at radius 1 is 1.58 bits per heavy atom. The molecule has 1 unspecified atom stereocenters. The van der Waals surface area contributed by atoms with Crippen LogP contribution in [-0.4, -0.2) is 14.8 Å². The van der Waals surface area contributed by atoms with Crippen LogP contribution in [-0.2, 0) is 6.54 Å². The van der Waals surface area contributed by atoms with Crippen molar-refractivity contribution in [2.24, 2.45) is 5.73 Å². The Labute approximate surface area is 123 Å². The fourth-order valence-corrected chi connectivity index (χ4v) is 3.18. The van der Waals surface area contributed by atoms with Crippen LogP contribution < -0.4 is 11.4 Å². The average molecular weight is 343 g/mol. The first-order valence-corrected chi connectivity index (χ1v) is 7.52. The summed E-state index contributed by atoms with van der Waals surface area (Å²) >= 11 is 4.96. The van der Waals surface area contributed by atoms with Crippen molar-refractivity contribution in [2.45, 2.75) is 36.5 Å². The minimum atomic E-state index is -0.187. The van der Waals surface area contributed by atoms with Gasteiger partial charge in [-0.15, -0.1) is 5.10 Å². The maximum atomic E-state index is 11.5. The van der Waals surface area contributed by atoms with Gasteiger partial charge in [-0.25, -0.2) is 9.89 Å². The molecule has 0 aliphatic rings. The summed E-state index contributed by atoms with van der Waals surface area (Å²) in [5.74, 6) is 0. The number of aromatic nitrogens is 3. The molecular formula is C12H15BrN4OS. The molecule has 3 N–H and O–H groups in total. The van der Waals surface area contributed by atoms with Gasteiger partial charge in [-0.2, -0.15) is 0 Å². The van der Waals surface area contributed by atoms with Crippen LogP contribution in [0.2, 0.25) is 0 Å². The van der Waals surface area contributed by atoms with Crippen LogP contribution in [0.5, 0.6) is 0 Å². The first kappa shape index (κ1) is 14.4. The highest BCUT2D eigenvalue weighted by molar-refractivity contribution is 9.10. The third-order valence-electron chi connectivity index (χ3n) is 2.72. The molecule has 0 amide bonds. The van der Waals surface area contributed by atoms with E-state index in [1.807, 2.05) is 32.0 Å². The summed E-state index contributed by atoms with van der Waals surface area (Å²) in [6, 6.07) is 5.95. The molecule has 1 atom stereocenters. The van der Waals surface area contributed by atoms with E-state index in [4.69, 9.17) is 5.73 Å². The standard InChI is InChI=1S/C12H15BrN4OS/c1-3-17-11(18)15-16-12(17)19-10-5-4-8(7(2)14)6-9(10)13/h4-7H,3,14H2,1-2H3,(H,15,18). The van der Waals surface area contributed by atoms with Crippen molar-refractivity contribution >= 4 is 27.7 Å². The molecule has 0 radical (unpaired) electrons. The normalized spacial score (nSPS) is 12.6. The van der Waals surface area contributed by atoms with Gasteiger partial charge in [-0.1, -0.05) is 6.07 Å². The van der Waals surface area contributed by atoms with E-state index < -0.39 is 0 Å². The molecule has 0 saturated carbocycles. The molecule has 0 fully saturated rings. The Morgan fingerprint density at radius 2 is 2.32 bits per heavy atom. The predicted molar refractivity (Wildman–Crippen MR) is 79.4 cm³/mol. The molecular weight excluding hydrogens is 328 g/mol. The highest BCUT2D eigenvalue weighted by atomic mass is 79.9. The number of nitrogens with zero attached hydrogens (tertiary/aromatic N) is 2. The highest BCUT2D eigenvalue weighted by Crippen LogP contribution is 2.33. The highest BCUT2D eigenvalue weighted by Gasteiger charge is 2.11. The van der Waals surface area contributed by atoms with Crippen LogP contribution in [0.4, 0.5) is 0 Å². The number of halogens is 1. The van der Waals surface area contributed by atoms with Gasteiger partial charge >= 0.3 is 5.69 Å². The molecule has 5 nitrogen and oxygen atoms in total. The summed E-state index contributed by atoms with van der Waals surface area (Å²) in [6.45, 7) is 4.44. The molecule has 0 saturated heterocycles. The third kappa shape index (κ3) is 3.10.